The van der Waals surface area contributed by atoms with Crippen LogP contribution in [0, 0.1) is 0 Å². The van der Waals surface area contributed by atoms with E-state index < -0.39 is 0 Å². The van der Waals surface area contributed by atoms with Gasteiger partial charge in [0.2, 0.25) is 0 Å². The third-order valence-corrected chi connectivity index (χ3v) is 3.72. The Balaban J connectivity index is 1.83. The predicted octanol–water partition coefficient (Wildman–Crippen LogP) is 3.04. The fourth-order valence-electron chi connectivity index (χ4n) is 2.09. The van der Waals surface area contributed by atoms with Crippen molar-refractivity contribution in [3.63, 3.8) is 0 Å². The summed E-state index contributed by atoms with van der Waals surface area (Å²) in [5.74, 6) is 0.816. The molecule has 1 aromatic heterocycles. The van der Waals surface area contributed by atoms with Crippen molar-refractivity contribution in [3.8, 4) is 0 Å². The number of nitrogens with one attached hydrogen (secondary N) is 2. The first kappa shape index (κ1) is 16.4. The van der Waals surface area contributed by atoms with Gasteiger partial charge in [-0.15, -0.1) is 0 Å². The molecule has 0 saturated carbocycles. The molecule has 0 fully saturated rings. The molecule has 1 atom stereocenters. The van der Waals surface area contributed by atoms with Crippen LogP contribution in [0.4, 0.5) is 4.79 Å². The minimum absolute atomic E-state index is 0.0129. The summed E-state index contributed by atoms with van der Waals surface area (Å²) in [6.07, 6.45) is 1.63. The van der Waals surface area contributed by atoms with Crippen LogP contribution in [0.3, 0.4) is 0 Å². The monoisotopic (exact) mass is 321 g/mol. The van der Waals surface area contributed by atoms with Gasteiger partial charge in [0.1, 0.15) is 5.76 Å². The molecular formula is C16H20ClN3O2. The summed E-state index contributed by atoms with van der Waals surface area (Å²) in [7, 11) is 3.88. The molecule has 0 bridgehead atoms. The van der Waals surface area contributed by atoms with E-state index >= 15 is 0 Å². The Bertz CT molecular complexity index is 599. The Kier molecular flexibility index (Phi) is 5.86. The van der Waals surface area contributed by atoms with Gasteiger partial charge in [-0.2, -0.15) is 0 Å². The molecule has 2 aromatic rings. The summed E-state index contributed by atoms with van der Waals surface area (Å²) < 4.78 is 5.40. The molecule has 2 N–H and O–H groups in total. The maximum absolute atomic E-state index is 11.9. The summed E-state index contributed by atoms with van der Waals surface area (Å²) in [5, 5.41) is 6.29. The molecule has 1 unspecified atom stereocenters. The molecule has 0 aliphatic rings. The van der Waals surface area contributed by atoms with Gasteiger partial charge < -0.3 is 15.1 Å². The van der Waals surface area contributed by atoms with Crippen LogP contribution in [0.25, 0.3) is 0 Å². The molecule has 6 heteroatoms. The highest BCUT2D eigenvalue weighted by Gasteiger charge is 2.17. The highest BCUT2D eigenvalue weighted by molar-refractivity contribution is 6.31. The lowest BCUT2D eigenvalue weighted by Crippen LogP contribution is -2.40. The molecule has 2 rings (SSSR count). The molecule has 5 nitrogen and oxygen atoms in total. The number of furan rings is 1. The fraction of sp³-hybridized carbons (Fsp3) is 0.312. The van der Waals surface area contributed by atoms with E-state index in [0.29, 0.717) is 18.1 Å². The third-order valence-electron chi connectivity index (χ3n) is 3.35. The van der Waals surface area contributed by atoms with E-state index in [1.807, 2.05) is 49.3 Å². The molecule has 2 amide bonds. The van der Waals surface area contributed by atoms with E-state index in [2.05, 4.69) is 10.6 Å². The Labute approximate surface area is 135 Å². The van der Waals surface area contributed by atoms with Crippen molar-refractivity contribution in [2.75, 3.05) is 20.6 Å². The number of amides is 2. The van der Waals surface area contributed by atoms with E-state index in [1.165, 1.54) is 0 Å². The smallest absolute Gasteiger partial charge is 0.315 e. The number of hydrogen-bond donors (Lipinski definition) is 2. The Hall–Kier alpha value is -1.98. The normalized spacial score (nSPS) is 12.2. The molecule has 0 radical (unpaired) electrons. The van der Waals surface area contributed by atoms with Crippen molar-refractivity contribution < 1.29 is 9.21 Å². The number of urea groups is 1. The summed E-state index contributed by atoms with van der Waals surface area (Å²) in [4.78, 5) is 13.9. The molecule has 118 valence electrons. The molecule has 0 aliphatic carbocycles. The second-order valence-corrected chi connectivity index (χ2v) is 5.56. The van der Waals surface area contributed by atoms with Gasteiger partial charge in [0.05, 0.1) is 12.3 Å². The van der Waals surface area contributed by atoms with Gasteiger partial charge in [-0.1, -0.05) is 29.8 Å². The van der Waals surface area contributed by atoms with Crippen LogP contribution in [-0.2, 0) is 6.54 Å². The van der Waals surface area contributed by atoms with Crippen molar-refractivity contribution in [1.82, 2.24) is 15.5 Å². The standard InChI is InChI=1S/C16H20ClN3O2/c1-20(2)14(15-8-5-9-22-15)11-19-16(21)18-10-12-6-3-4-7-13(12)17/h3-9,14H,10-11H2,1-2H3,(H2,18,19,21). The average molecular weight is 322 g/mol. The van der Waals surface area contributed by atoms with E-state index in [4.69, 9.17) is 16.0 Å². The number of hydrogen-bond acceptors (Lipinski definition) is 3. The number of halogens is 1. The van der Waals surface area contributed by atoms with Crippen molar-refractivity contribution in [1.29, 1.82) is 0 Å². The van der Waals surface area contributed by atoms with Gasteiger partial charge in [0, 0.05) is 18.1 Å². The van der Waals surface area contributed by atoms with Crippen LogP contribution < -0.4 is 10.6 Å². The highest BCUT2D eigenvalue weighted by atomic mass is 35.5. The topological polar surface area (TPSA) is 57.5 Å². The van der Waals surface area contributed by atoms with E-state index in [0.717, 1.165) is 11.3 Å². The largest absolute Gasteiger partial charge is 0.468 e. The minimum Gasteiger partial charge on any atom is -0.468 e. The summed E-state index contributed by atoms with van der Waals surface area (Å²) in [6, 6.07) is 10.9. The number of nitrogens with zero attached hydrogens (tertiary/aromatic N) is 1. The number of likely N-dealkylation sites (N-methyl/N-ethyl adjacent to an activating group) is 1. The average Bonchev–Trinajstić information content (AvgIpc) is 3.00. The minimum atomic E-state index is -0.238. The summed E-state index contributed by atoms with van der Waals surface area (Å²) in [5.41, 5.74) is 0.884. The van der Waals surface area contributed by atoms with Gasteiger partial charge in [-0.25, -0.2) is 4.79 Å². The molecule has 0 saturated heterocycles. The summed E-state index contributed by atoms with van der Waals surface area (Å²) in [6.45, 7) is 0.841. The van der Waals surface area contributed by atoms with E-state index in [9.17, 15) is 4.79 Å². The van der Waals surface area contributed by atoms with E-state index in [1.54, 1.807) is 12.3 Å². The van der Waals surface area contributed by atoms with E-state index in [-0.39, 0.29) is 12.1 Å². The van der Waals surface area contributed by atoms with Gasteiger partial charge >= 0.3 is 6.03 Å². The first-order valence-corrected chi connectivity index (χ1v) is 7.40. The second kappa shape index (κ2) is 7.87. The van der Waals surface area contributed by atoms with Crippen molar-refractivity contribution >= 4 is 17.6 Å². The maximum Gasteiger partial charge on any atom is 0.315 e. The Morgan fingerprint density at radius 2 is 2.00 bits per heavy atom. The third kappa shape index (κ3) is 4.51. The fourth-order valence-corrected chi connectivity index (χ4v) is 2.29. The number of carbonyl (C=O) groups excluding carboxylic acids is 1. The summed E-state index contributed by atoms with van der Waals surface area (Å²) >= 11 is 6.05. The van der Waals surface area contributed by atoms with Crippen LogP contribution >= 0.6 is 11.6 Å². The second-order valence-electron chi connectivity index (χ2n) is 5.15. The van der Waals surface area contributed by atoms with Gasteiger partial charge in [0.25, 0.3) is 0 Å². The van der Waals surface area contributed by atoms with Crippen LogP contribution in [0.5, 0.6) is 0 Å². The van der Waals surface area contributed by atoms with Crippen molar-refractivity contribution in [3.05, 3.63) is 59.0 Å². The lowest BCUT2D eigenvalue weighted by atomic mass is 10.2. The Morgan fingerprint density at radius 1 is 1.23 bits per heavy atom. The zero-order valence-electron chi connectivity index (χ0n) is 12.7. The highest BCUT2D eigenvalue weighted by Crippen LogP contribution is 2.17. The molecule has 0 spiro atoms. The molecular weight excluding hydrogens is 302 g/mol. The van der Waals surface area contributed by atoms with Gasteiger partial charge in [0.15, 0.2) is 0 Å². The zero-order chi connectivity index (χ0) is 15.9. The lowest BCUT2D eigenvalue weighted by Gasteiger charge is -2.22. The number of benzene rings is 1. The van der Waals surface area contributed by atoms with Gasteiger partial charge in [-0.3, -0.25) is 4.90 Å². The number of carbonyl (C=O) groups is 1. The predicted molar refractivity (Wildman–Crippen MR) is 86.8 cm³/mol. The van der Waals surface area contributed by atoms with Gasteiger partial charge in [-0.05, 0) is 37.9 Å². The molecule has 1 aromatic carbocycles. The molecule has 1 heterocycles. The van der Waals surface area contributed by atoms with Crippen molar-refractivity contribution in [2.45, 2.75) is 12.6 Å². The zero-order valence-corrected chi connectivity index (χ0v) is 13.4. The first-order chi connectivity index (χ1) is 10.6. The van der Waals surface area contributed by atoms with Crippen LogP contribution in [0.15, 0.2) is 47.1 Å². The first-order valence-electron chi connectivity index (χ1n) is 7.03. The lowest BCUT2D eigenvalue weighted by molar-refractivity contribution is 0.225. The van der Waals surface area contributed by atoms with Crippen LogP contribution in [-0.4, -0.2) is 31.6 Å². The number of rotatable bonds is 6. The Morgan fingerprint density at radius 3 is 2.64 bits per heavy atom. The van der Waals surface area contributed by atoms with Crippen molar-refractivity contribution in [2.24, 2.45) is 0 Å². The molecule has 0 aliphatic heterocycles. The molecule has 22 heavy (non-hydrogen) atoms. The SMILES string of the molecule is CN(C)C(CNC(=O)NCc1ccccc1Cl)c1ccco1. The van der Waals surface area contributed by atoms with Crippen LogP contribution in [0.1, 0.15) is 17.4 Å². The van der Waals surface area contributed by atoms with Crippen LogP contribution in [0.2, 0.25) is 5.02 Å². The quantitative estimate of drug-likeness (QED) is 0.860. The maximum atomic E-state index is 11.9.